The van der Waals surface area contributed by atoms with Gasteiger partial charge in [-0.25, -0.2) is 0 Å². The van der Waals surface area contributed by atoms with Gasteiger partial charge in [-0.3, -0.25) is 0 Å². The van der Waals surface area contributed by atoms with Gasteiger partial charge >= 0.3 is 0 Å². The summed E-state index contributed by atoms with van der Waals surface area (Å²) in [6, 6.07) is 5.58. The number of rotatable bonds is 3. The van der Waals surface area contributed by atoms with Crippen molar-refractivity contribution in [3.05, 3.63) is 28.2 Å². The third-order valence-electron chi connectivity index (χ3n) is 1.81. The van der Waals surface area contributed by atoms with E-state index < -0.39 is 0 Å². The first-order valence-corrected chi connectivity index (χ1v) is 4.76. The normalized spacial score (nSPS) is 12.6. The van der Waals surface area contributed by atoms with Gasteiger partial charge in [-0.2, -0.15) is 0 Å². The van der Waals surface area contributed by atoms with Crippen LogP contribution >= 0.6 is 15.9 Å². The molecule has 0 amide bonds. The van der Waals surface area contributed by atoms with Gasteiger partial charge in [0.05, 0.1) is 7.11 Å². The molecule has 3 nitrogen and oxygen atoms in total. The number of hydrogen-bond donors (Lipinski definition) is 2. The zero-order chi connectivity index (χ0) is 9.84. The minimum atomic E-state index is -0.133. The van der Waals surface area contributed by atoms with Crippen molar-refractivity contribution < 1.29 is 4.74 Å². The lowest BCUT2D eigenvalue weighted by Gasteiger charge is -2.11. The van der Waals surface area contributed by atoms with Crippen LogP contribution in [-0.4, -0.2) is 13.7 Å². The number of ether oxygens (including phenoxy) is 1. The summed E-state index contributed by atoms with van der Waals surface area (Å²) in [6.45, 7) is 0.430. The highest BCUT2D eigenvalue weighted by molar-refractivity contribution is 9.10. The molecule has 0 aliphatic carbocycles. The summed E-state index contributed by atoms with van der Waals surface area (Å²) in [5.41, 5.74) is 12.2. The highest BCUT2D eigenvalue weighted by atomic mass is 79.9. The molecular formula is C9H13BrN2O. The van der Waals surface area contributed by atoms with Crippen molar-refractivity contribution in [1.82, 2.24) is 0 Å². The molecule has 1 atom stereocenters. The smallest absolute Gasteiger partial charge is 0.120 e. The molecule has 0 saturated carbocycles. The lowest BCUT2D eigenvalue weighted by molar-refractivity contribution is 0.413. The first-order valence-electron chi connectivity index (χ1n) is 3.97. The third kappa shape index (κ3) is 2.69. The maximum atomic E-state index is 5.79. The summed E-state index contributed by atoms with van der Waals surface area (Å²) in [6.07, 6.45) is 0. The molecule has 1 aromatic carbocycles. The van der Waals surface area contributed by atoms with E-state index in [0.29, 0.717) is 6.54 Å². The lowest BCUT2D eigenvalue weighted by atomic mass is 10.1. The first kappa shape index (κ1) is 10.5. The molecule has 13 heavy (non-hydrogen) atoms. The average molecular weight is 245 g/mol. The van der Waals surface area contributed by atoms with E-state index >= 15 is 0 Å². The monoisotopic (exact) mass is 244 g/mol. The Hall–Kier alpha value is -0.580. The number of halogens is 1. The molecule has 1 rings (SSSR count). The maximum Gasteiger partial charge on any atom is 0.120 e. The summed E-state index contributed by atoms with van der Waals surface area (Å²) in [7, 11) is 1.62. The van der Waals surface area contributed by atoms with E-state index in [-0.39, 0.29) is 6.04 Å². The molecule has 4 N–H and O–H groups in total. The van der Waals surface area contributed by atoms with Crippen molar-refractivity contribution >= 4 is 15.9 Å². The van der Waals surface area contributed by atoms with Crippen LogP contribution in [0.3, 0.4) is 0 Å². The van der Waals surface area contributed by atoms with E-state index in [0.717, 1.165) is 15.8 Å². The van der Waals surface area contributed by atoms with Gasteiger partial charge < -0.3 is 16.2 Å². The molecule has 4 heteroatoms. The van der Waals surface area contributed by atoms with Gasteiger partial charge in [0.25, 0.3) is 0 Å². The van der Waals surface area contributed by atoms with Gasteiger partial charge in [-0.1, -0.05) is 15.9 Å². The molecule has 0 radical (unpaired) electrons. The maximum absolute atomic E-state index is 5.79. The Kier molecular flexibility index (Phi) is 3.71. The van der Waals surface area contributed by atoms with Crippen molar-refractivity contribution in [1.29, 1.82) is 0 Å². The Balaban J connectivity index is 3.01. The molecule has 0 bridgehead atoms. The van der Waals surface area contributed by atoms with E-state index in [9.17, 15) is 0 Å². The molecule has 0 heterocycles. The zero-order valence-corrected chi connectivity index (χ0v) is 9.04. The average Bonchev–Trinajstić information content (AvgIpc) is 2.15. The van der Waals surface area contributed by atoms with Crippen molar-refractivity contribution in [2.75, 3.05) is 13.7 Å². The fourth-order valence-electron chi connectivity index (χ4n) is 1.05. The summed E-state index contributed by atoms with van der Waals surface area (Å²) in [4.78, 5) is 0. The molecule has 72 valence electrons. The minimum Gasteiger partial charge on any atom is -0.497 e. The van der Waals surface area contributed by atoms with Gasteiger partial charge in [-0.15, -0.1) is 0 Å². The fraction of sp³-hybridized carbons (Fsp3) is 0.333. The lowest BCUT2D eigenvalue weighted by Crippen LogP contribution is -2.20. The fourth-order valence-corrected chi connectivity index (χ4v) is 1.54. The van der Waals surface area contributed by atoms with Crippen LogP contribution in [0, 0.1) is 0 Å². The Bertz CT molecular complexity index is 291. The summed E-state index contributed by atoms with van der Waals surface area (Å²) in [5.74, 6) is 0.785. The Morgan fingerprint density at radius 1 is 1.46 bits per heavy atom. The largest absolute Gasteiger partial charge is 0.497 e. The standard InChI is InChI=1S/C9H13BrN2O/c1-13-8-3-6(9(12)5-11)2-7(10)4-8/h2-4,9H,5,11-12H2,1H3. The van der Waals surface area contributed by atoms with Gasteiger partial charge in [-0.05, 0) is 23.8 Å². The number of methoxy groups -OCH3 is 1. The summed E-state index contributed by atoms with van der Waals surface area (Å²) >= 11 is 3.37. The minimum absolute atomic E-state index is 0.133. The van der Waals surface area contributed by atoms with Crippen molar-refractivity contribution in [3.63, 3.8) is 0 Å². The van der Waals surface area contributed by atoms with Crippen molar-refractivity contribution in [3.8, 4) is 5.75 Å². The third-order valence-corrected chi connectivity index (χ3v) is 2.27. The molecular weight excluding hydrogens is 232 g/mol. The van der Waals surface area contributed by atoms with E-state index in [1.54, 1.807) is 7.11 Å². The van der Waals surface area contributed by atoms with E-state index in [4.69, 9.17) is 16.2 Å². The summed E-state index contributed by atoms with van der Waals surface area (Å²) < 4.78 is 6.05. The number of benzene rings is 1. The molecule has 0 fully saturated rings. The van der Waals surface area contributed by atoms with Gasteiger partial charge in [0, 0.05) is 17.1 Å². The Labute approximate surface area is 86.2 Å². The van der Waals surface area contributed by atoms with E-state index in [2.05, 4.69) is 15.9 Å². The predicted molar refractivity (Wildman–Crippen MR) is 56.7 cm³/mol. The van der Waals surface area contributed by atoms with Crippen LogP contribution in [0.15, 0.2) is 22.7 Å². The van der Waals surface area contributed by atoms with Crippen LogP contribution in [-0.2, 0) is 0 Å². The van der Waals surface area contributed by atoms with Crippen molar-refractivity contribution in [2.45, 2.75) is 6.04 Å². The Morgan fingerprint density at radius 3 is 2.69 bits per heavy atom. The SMILES string of the molecule is COc1cc(Br)cc(C(N)CN)c1. The quantitative estimate of drug-likeness (QED) is 0.846. The zero-order valence-electron chi connectivity index (χ0n) is 7.46. The number of hydrogen-bond acceptors (Lipinski definition) is 3. The van der Waals surface area contributed by atoms with E-state index in [1.807, 2.05) is 18.2 Å². The van der Waals surface area contributed by atoms with Crippen LogP contribution in [0.2, 0.25) is 0 Å². The van der Waals surface area contributed by atoms with Crippen molar-refractivity contribution in [2.24, 2.45) is 11.5 Å². The predicted octanol–water partition coefficient (Wildman–Crippen LogP) is 1.42. The van der Waals surface area contributed by atoms with Crippen LogP contribution < -0.4 is 16.2 Å². The van der Waals surface area contributed by atoms with E-state index in [1.165, 1.54) is 0 Å². The molecule has 0 aromatic heterocycles. The highest BCUT2D eigenvalue weighted by Gasteiger charge is 2.06. The molecule has 0 saturated heterocycles. The van der Waals surface area contributed by atoms with Crippen LogP contribution in [0.5, 0.6) is 5.75 Å². The molecule has 0 spiro atoms. The second-order valence-corrected chi connectivity index (χ2v) is 3.68. The molecule has 0 aliphatic rings. The second kappa shape index (κ2) is 4.60. The van der Waals surface area contributed by atoms with Crippen LogP contribution in [0.1, 0.15) is 11.6 Å². The molecule has 1 unspecified atom stereocenters. The topological polar surface area (TPSA) is 61.3 Å². The van der Waals surface area contributed by atoms with Gasteiger partial charge in [0.15, 0.2) is 0 Å². The highest BCUT2D eigenvalue weighted by Crippen LogP contribution is 2.23. The second-order valence-electron chi connectivity index (χ2n) is 2.77. The summed E-state index contributed by atoms with van der Waals surface area (Å²) in [5, 5.41) is 0. The molecule has 0 aliphatic heterocycles. The first-order chi connectivity index (χ1) is 6.17. The number of nitrogens with two attached hydrogens (primary N) is 2. The van der Waals surface area contributed by atoms with Gasteiger partial charge in [0.2, 0.25) is 0 Å². The van der Waals surface area contributed by atoms with Gasteiger partial charge in [0.1, 0.15) is 5.75 Å². The van der Waals surface area contributed by atoms with Crippen LogP contribution in [0.4, 0.5) is 0 Å². The molecule has 1 aromatic rings. The Morgan fingerprint density at radius 2 is 2.15 bits per heavy atom. The van der Waals surface area contributed by atoms with Crippen LogP contribution in [0.25, 0.3) is 0 Å².